The minimum atomic E-state index is -5.20. The second-order valence-corrected chi connectivity index (χ2v) is 11.2. The Bertz CT molecular complexity index is 1500. The summed E-state index contributed by atoms with van der Waals surface area (Å²) >= 11 is 0. The average molecular weight is 644 g/mol. The van der Waals surface area contributed by atoms with Gasteiger partial charge in [0.25, 0.3) is 0 Å². The number of phenols is 1. The lowest BCUT2D eigenvalue weighted by molar-refractivity contribution is -0.143. The normalized spacial score (nSPS) is 21.9. The molecule has 1 heterocycles. The summed E-state index contributed by atoms with van der Waals surface area (Å²) in [5, 5.41) is 31.2. The van der Waals surface area contributed by atoms with E-state index in [-0.39, 0.29) is 18.9 Å². The number of anilines is 1. The highest BCUT2D eigenvalue weighted by Gasteiger charge is 2.55. The highest BCUT2D eigenvalue weighted by molar-refractivity contribution is 6.22. The molecule has 6 nitrogen and oxygen atoms in total. The first kappa shape index (κ1) is 34.2. The fraction of sp³-hybridized carbons (Fsp3) is 0.438. The van der Waals surface area contributed by atoms with E-state index in [1.165, 1.54) is 12.1 Å². The number of amides is 2. The lowest BCUT2D eigenvalue weighted by atomic mass is 9.67. The minimum Gasteiger partial charge on any atom is -0.505 e. The SMILES string of the molecule is CCC1=C([C@H](O)CC/C(=C/c2ccc(O)c(F)c2)CC)[C@H](CO)[C@@H]2C(=O)N(c3cc(C(F)(F)F)cc(C(F)(F)F)c3)C(=O)[C@@H]2C1. The number of hydrogen-bond acceptors (Lipinski definition) is 5. The molecule has 1 saturated heterocycles. The molecular formula is C32H32F7NO5. The molecule has 2 amide bonds. The minimum absolute atomic E-state index is 0.0700. The number of carbonyl (C=O) groups excluding carboxylic acids is 2. The van der Waals surface area contributed by atoms with E-state index in [0.717, 1.165) is 11.6 Å². The standard InChI is InChI=1S/C32H32F7NO5/c1-3-16(9-17-6-7-25(42)24(33)10-17)5-8-26(43)27-18(4-2)11-22-28(23(27)15-41)30(45)40(29(22)44)21-13-19(31(34,35)36)12-20(14-21)32(37,38)39/h6-7,9-10,12-14,22-23,26,28,41-43H,3-5,8,11,15H2,1-2H3/b16-9+/t22-,23+,26-,28-/m1/s1. The summed E-state index contributed by atoms with van der Waals surface area (Å²) in [6.07, 6.45) is -8.70. The molecule has 4 rings (SSSR count). The maximum atomic E-state index is 13.8. The maximum absolute atomic E-state index is 13.8. The van der Waals surface area contributed by atoms with Gasteiger partial charge in [-0.15, -0.1) is 0 Å². The van der Waals surface area contributed by atoms with Crippen LogP contribution in [-0.4, -0.2) is 39.8 Å². The van der Waals surface area contributed by atoms with E-state index in [1.54, 1.807) is 13.0 Å². The smallest absolute Gasteiger partial charge is 0.416 e. The van der Waals surface area contributed by atoms with Crippen LogP contribution in [0.4, 0.5) is 36.4 Å². The summed E-state index contributed by atoms with van der Waals surface area (Å²) in [5.74, 6) is -6.91. The summed E-state index contributed by atoms with van der Waals surface area (Å²) in [6.45, 7) is 2.88. The van der Waals surface area contributed by atoms with Crippen molar-refractivity contribution in [3.8, 4) is 5.75 Å². The third-order valence-corrected chi connectivity index (χ3v) is 8.53. The van der Waals surface area contributed by atoms with Crippen LogP contribution in [0.5, 0.6) is 5.75 Å². The number of allylic oxidation sites excluding steroid dienone is 2. The Morgan fingerprint density at radius 2 is 1.62 bits per heavy atom. The van der Waals surface area contributed by atoms with Crippen LogP contribution in [0.3, 0.4) is 0 Å². The summed E-state index contributed by atoms with van der Waals surface area (Å²) < 4.78 is 94.9. The summed E-state index contributed by atoms with van der Waals surface area (Å²) in [4.78, 5) is 27.4. The van der Waals surface area contributed by atoms with Gasteiger partial charge >= 0.3 is 12.4 Å². The fourth-order valence-electron chi connectivity index (χ4n) is 6.30. The Hall–Kier alpha value is -3.71. The zero-order valence-corrected chi connectivity index (χ0v) is 24.3. The Balaban J connectivity index is 1.65. The average Bonchev–Trinajstić information content (AvgIpc) is 3.23. The number of aliphatic hydroxyl groups excluding tert-OH is 2. The molecule has 0 radical (unpaired) electrons. The van der Waals surface area contributed by atoms with Gasteiger partial charge in [-0.25, -0.2) is 9.29 Å². The van der Waals surface area contributed by atoms with Crippen molar-refractivity contribution in [1.82, 2.24) is 0 Å². The molecule has 0 bridgehead atoms. The summed E-state index contributed by atoms with van der Waals surface area (Å²) in [6, 6.07) is 4.41. The molecule has 2 aliphatic rings. The molecule has 4 atom stereocenters. The largest absolute Gasteiger partial charge is 0.505 e. The van der Waals surface area contributed by atoms with E-state index in [9.17, 15) is 55.6 Å². The topological polar surface area (TPSA) is 98.1 Å². The number of phenolic OH excluding ortho intramolecular Hbond substituents is 1. The van der Waals surface area contributed by atoms with Gasteiger partial charge in [-0.05, 0) is 73.6 Å². The molecule has 3 N–H and O–H groups in total. The number of aromatic hydroxyl groups is 1. The molecule has 1 aliphatic carbocycles. The van der Waals surface area contributed by atoms with Crippen molar-refractivity contribution in [3.05, 3.63) is 75.6 Å². The number of halogens is 7. The van der Waals surface area contributed by atoms with Crippen molar-refractivity contribution in [2.75, 3.05) is 11.5 Å². The Morgan fingerprint density at radius 1 is 1.00 bits per heavy atom. The number of benzene rings is 2. The molecule has 45 heavy (non-hydrogen) atoms. The number of fused-ring (bicyclic) bond motifs is 1. The maximum Gasteiger partial charge on any atom is 0.416 e. The number of nitrogens with zero attached hydrogens (tertiary/aromatic N) is 1. The van der Waals surface area contributed by atoms with Gasteiger partial charge in [0.05, 0.1) is 41.4 Å². The van der Waals surface area contributed by atoms with Crippen molar-refractivity contribution >= 4 is 23.6 Å². The number of imide groups is 1. The van der Waals surface area contributed by atoms with Crippen molar-refractivity contribution in [3.63, 3.8) is 0 Å². The van der Waals surface area contributed by atoms with Gasteiger partial charge in [0.2, 0.25) is 11.8 Å². The lowest BCUT2D eigenvalue weighted by Gasteiger charge is -2.36. The van der Waals surface area contributed by atoms with Crippen molar-refractivity contribution < 1.29 is 55.6 Å². The lowest BCUT2D eigenvalue weighted by Crippen LogP contribution is -2.39. The first-order chi connectivity index (χ1) is 21.0. The first-order valence-electron chi connectivity index (χ1n) is 14.4. The Morgan fingerprint density at radius 3 is 2.13 bits per heavy atom. The number of carbonyl (C=O) groups is 2. The molecule has 0 spiro atoms. The second-order valence-electron chi connectivity index (χ2n) is 11.2. The van der Waals surface area contributed by atoms with Crippen LogP contribution < -0.4 is 4.90 Å². The van der Waals surface area contributed by atoms with Crippen LogP contribution in [-0.2, 0) is 21.9 Å². The summed E-state index contributed by atoms with van der Waals surface area (Å²) in [7, 11) is 0. The van der Waals surface area contributed by atoms with Gasteiger partial charge in [-0.2, -0.15) is 26.3 Å². The van der Waals surface area contributed by atoms with E-state index >= 15 is 0 Å². The second kappa shape index (κ2) is 13.0. The molecule has 2 aromatic rings. The highest BCUT2D eigenvalue weighted by atomic mass is 19.4. The van der Waals surface area contributed by atoms with Gasteiger partial charge in [0, 0.05) is 5.92 Å². The Labute approximate surface area is 254 Å². The molecule has 0 unspecified atom stereocenters. The van der Waals surface area contributed by atoms with Crippen LogP contribution in [0.2, 0.25) is 0 Å². The van der Waals surface area contributed by atoms with E-state index in [0.29, 0.717) is 53.0 Å². The predicted octanol–water partition coefficient (Wildman–Crippen LogP) is 7.03. The van der Waals surface area contributed by atoms with E-state index in [1.807, 2.05) is 6.92 Å². The van der Waals surface area contributed by atoms with E-state index in [2.05, 4.69) is 0 Å². The van der Waals surface area contributed by atoms with Crippen LogP contribution in [0.25, 0.3) is 6.08 Å². The zero-order valence-electron chi connectivity index (χ0n) is 24.3. The molecule has 1 aliphatic heterocycles. The zero-order chi connectivity index (χ0) is 33.4. The molecular weight excluding hydrogens is 611 g/mol. The molecule has 0 aromatic heterocycles. The van der Waals surface area contributed by atoms with Crippen molar-refractivity contribution in [2.24, 2.45) is 17.8 Å². The van der Waals surface area contributed by atoms with Crippen LogP contribution in [0, 0.1) is 23.6 Å². The molecule has 0 saturated carbocycles. The quantitative estimate of drug-likeness (QED) is 0.155. The highest BCUT2D eigenvalue weighted by Crippen LogP contribution is 2.49. The third kappa shape index (κ3) is 6.94. The van der Waals surface area contributed by atoms with Gasteiger partial charge < -0.3 is 15.3 Å². The van der Waals surface area contributed by atoms with Crippen LogP contribution >= 0.6 is 0 Å². The van der Waals surface area contributed by atoms with Crippen molar-refractivity contribution in [1.29, 1.82) is 0 Å². The van der Waals surface area contributed by atoms with Crippen molar-refractivity contribution in [2.45, 2.75) is 64.4 Å². The predicted molar refractivity (Wildman–Crippen MR) is 150 cm³/mol. The van der Waals surface area contributed by atoms with Crippen LogP contribution in [0.15, 0.2) is 53.1 Å². The first-order valence-corrected chi connectivity index (χ1v) is 14.4. The van der Waals surface area contributed by atoms with Gasteiger partial charge in [-0.1, -0.05) is 37.1 Å². The van der Waals surface area contributed by atoms with E-state index in [4.69, 9.17) is 0 Å². The van der Waals surface area contributed by atoms with E-state index < -0.39 is 83.0 Å². The van der Waals surface area contributed by atoms with Gasteiger partial charge in [0.15, 0.2) is 11.6 Å². The number of aliphatic hydroxyl groups is 2. The summed E-state index contributed by atoms with van der Waals surface area (Å²) in [5.41, 5.74) is -2.06. The molecule has 2 aromatic carbocycles. The molecule has 244 valence electrons. The van der Waals surface area contributed by atoms with Gasteiger partial charge in [-0.3, -0.25) is 9.59 Å². The van der Waals surface area contributed by atoms with Crippen LogP contribution in [0.1, 0.15) is 62.6 Å². The monoisotopic (exact) mass is 643 g/mol. The Kier molecular flexibility index (Phi) is 9.84. The molecule has 13 heteroatoms. The number of hydrogen-bond donors (Lipinski definition) is 3. The number of alkyl halides is 6. The fourth-order valence-corrected chi connectivity index (χ4v) is 6.30. The van der Waals surface area contributed by atoms with Gasteiger partial charge in [0.1, 0.15) is 0 Å². The number of rotatable bonds is 9. The third-order valence-electron chi connectivity index (χ3n) is 8.53. The molecule has 1 fully saturated rings.